The van der Waals surface area contributed by atoms with Gasteiger partial charge in [-0.1, -0.05) is 78.9 Å². The Kier molecular flexibility index (Phi) is 5.40. The molecule has 4 nitrogen and oxygen atoms in total. The van der Waals surface area contributed by atoms with Crippen LogP contribution in [0.4, 0.5) is 4.79 Å². The lowest BCUT2D eigenvalue weighted by Gasteiger charge is -2.16. The maximum atomic E-state index is 12.2. The van der Waals surface area contributed by atoms with Crippen molar-refractivity contribution in [3.05, 3.63) is 95.6 Å². The van der Waals surface area contributed by atoms with E-state index in [4.69, 9.17) is 10.5 Å². The third-order valence-corrected chi connectivity index (χ3v) is 5.19. The lowest BCUT2D eigenvalue weighted by Crippen LogP contribution is -2.39. The van der Waals surface area contributed by atoms with Crippen LogP contribution in [0.25, 0.3) is 11.1 Å². The summed E-state index contributed by atoms with van der Waals surface area (Å²) in [5, 5.41) is 2.79. The van der Waals surface area contributed by atoms with E-state index >= 15 is 0 Å². The summed E-state index contributed by atoms with van der Waals surface area (Å²) in [4.78, 5) is 12.2. The van der Waals surface area contributed by atoms with Crippen LogP contribution >= 0.6 is 0 Å². The van der Waals surface area contributed by atoms with Gasteiger partial charge in [-0.15, -0.1) is 0 Å². The Morgan fingerprint density at radius 1 is 0.893 bits per heavy atom. The zero-order chi connectivity index (χ0) is 19.3. The van der Waals surface area contributed by atoms with Gasteiger partial charge in [0.2, 0.25) is 0 Å². The van der Waals surface area contributed by atoms with E-state index in [0.29, 0.717) is 19.6 Å². The maximum Gasteiger partial charge on any atom is 0.407 e. The molecule has 0 radical (unpaired) electrons. The molecule has 0 fully saturated rings. The van der Waals surface area contributed by atoms with Gasteiger partial charge in [0, 0.05) is 18.5 Å². The van der Waals surface area contributed by atoms with Crippen LogP contribution < -0.4 is 11.1 Å². The maximum absolute atomic E-state index is 12.2. The number of benzene rings is 3. The standard InChI is InChI=1S/C24H24N2O2/c25-18(14-17-8-2-1-3-9-17)15-26-24(27)28-16-23-21-12-6-4-10-19(21)20-11-5-7-13-22(20)23/h1-13,18,23H,14-16,25H2,(H,26,27)/t18-/m0/s1. The second-order valence-corrected chi connectivity index (χ2v) is 7.16. The molecule has 0 saturated carbocycles. The van der Waals surface area contributed by atoms with Gasteiger partial charge in [-0.3, -0.25) is 0 Å². The number of ether oxygens (including phenoxy) is 1. The minimum Gasteiger partial charge on any atom is -0.449 e. The molecular formula is C24H24N2O2. The highest BCUT2D eigenvalue weighted by Crippen LogP contribution is 2.44. The van der Waals surface area contributed by atoms with Crippen molar-refractivity contribution in [2.24, 2.45) is 5.73 Å². The molecule has 142 valence electrons. The number of nitrogens with one attached hydrogen (secondary N) is 1. The number of hydrogen-bond donors (Lipinski definition) is 2. The number of carbonyl (C=O) groups excluding carboxylic acids is 1. The first-order valence-corrected chi connectivity index (χ1v) is 9.60. The van der Waals surface area contributed by atoms with Crippen LogP contribution in [0, 0.1) is 0 Å². The Balaban J connectivity index is 1.33. The fourth-order valence-corrected chi connectivity index (χ4v) is 3.85. The number of nitrogens with two attached hydrogens (primary N) is 1. The lowest BCUT2D eigenvalue weighted by atomic mass is 9.98. The van der Waals surface area contributed by atoms with E-state index in [2.05, 4.69) is 29.6 Å². The largest absolute Gasteiger partial charge is 0.449 e. The predicted octanol–water partition coefficient (Wildman–Crippen LogP) is 4.10. The third-order valence-electron chi connectivity index (χ3n) is 5.19. The normalized spacial score (nSPS) is 13.5. The molecule has 0 bridgehead atoms. The summed E-state index contributed by atoms with van der Waals surface area (Å²) in [6.45, 7) is 0.694. The molecule has 0 unspecified atom stereocenters. The summed E-state index contributed by atoms with van der Waals surface area (Å²) in [5.74, 6) is 0.0659. The summed E-state index contributed by atoms with van der Waals surface area (Å²) in [6, 6.07) is 26.5. The van der Waals surface area contributed by atoms with Crippen molar-refractivity contribution in [2.45, 2.75) is 18.4 Å². The quantitative estimate of drug-likeness (QED) is 0.685. The van der Waals surface area contributed by atoms with Crippen LogP contribution in [-0.2, 0) is 11.2 Å². The van der Waals surface area contributed by atoms with Crippen molar-refractivity contribution >= 4 is 6.09 Å². The van der Waals surface area contributed by atoms with Crippen molar-refractivity contribution in [3.8, 4) is 11.1 Å². The minimum atomic E-state index is -0.426. The first-order chi connectivity index (χ1) is 13.7. The van der Waals surface area contributed by atoms with Crippen LogP contribution in [0.15, 0.2) is 78.9 Å². The molecular weight excluding hydrogens is 348 g/mol. The van der Waals surface area contributed by atoms with Crippen LogP contribution in [-0.4, -0.2) is 25.3 Å². The molecule has 0 saturated heterocycles. The highest BCUT2D eigenvalue weighted by Gasteiger charge is 2.28. The van der Waals surface area contributed by atoms with Gasteiger partial charge < -0.3 is 15.8 Å². The molecule has 1 amide bonds. The van der Waals surface area contributed by atoms with Crippen molar-refractivity contribution in [1.82, 2.24) is 5.32 Å². The second kappa shape index (κ2) is 8.28. The fraction of sp³-hybridized carbons (Fsp3) is 0.208. The number of carbonyl (C=O) groups is 1. The molecule has 3 aromatic carbocycles. The molecule has 0 aromatic heterocycles. The Morgan fingerprint density at radius 2 is 1.46 bits per heavy atom. The monoisotopic (exact) mass is 372 g/mol. The van der Waals surface area contributed by atoms with E-state index in [1.807, 2.05) is 54.6 Å². The van der Waals surface area contributed by atoms with E-state index in [1.165, 1.54) is 22.3 Å². The average molecular weight is 372 g/mol. The molecule has 4 rings (SSSR count). The van der Waals surface area contributed by atoms with Gasteiger partial charge in [0.15, 0.2) is 0 Å². The van der Waals surface area contributed by atoms with Gasteiger partial charge in [-0.2, -0.15) is 0 Å². The van der Waals surface area contributed by atoms with Gasteiger partial charge in [0.25, 0.3) is 0 Å². The van der Waals surface area contributed by atoms with Gasteiger partial charge in [0.05, 0.1) is 0 Å². The van der Waals surface area contributed by atoms with Crippen molar-refractivity contribution in [1.29, 1.82) is 0 Å². The predicted molar refractivity (Wildman–Crippen MR) is 111 cm³/mol. The molecule has 28 heavy (non-hydrogen) atoms. The Morgan fingerprint density at radius 3 is 2.11 bits per heavy atom. The Labute approximate surface area is 165 Å². The van der Waals surface area contributed by atoms with Gasteiger partial charge >= 0.3 is 6.09 Å². The smallest absolute Gasteiger partial charge is 0.407 e. The molecule has 3 aromatic rings. The number of hydrogen-bond acceptors (Lipinski definition) is 3. The first-order valence-electron chi connectivity index (χ1n) is 9.60. The molecule has 0 spiro atoms. The summed E-state index contributed by atoms with van der Waals surface area (Å²) in [7, 11) is 0. The molecule has 0 aliphatic heterocycles. The molecule has 1 aliphatic rings. The zero-order valence-corrected chi connectivity index (χ0v) is 15.7. The molecule has 4 heteroatoms. The van der Waals surface area contributed by atoms with Crippen LogP contribution in [0.3, 0.4) is 0 Å². The van der Waals surface area contributed by atoms with Crippen LogP contribution in [0.2, 0.25) is 0 Å². The van der Waals surface area contributed by atoms with Gasteiger partial charge in [0.1, 0.15) is 6.61 Å². The third kappa shape index (κ3) is 3.92. The Hall–Kier alpha value is -3.11. The second-order valence-electron chi connectivity index (χ2n) is 7.16. The van der Waals surface area contributed by atoms with E-state index in [9.17, 15) is 4.79 Å². The van der Waals surface area contributed by atoms with E-state index in [-0.39, 0.29) is 12.0 Å². The summed E-state index contributed by atoms with van der Waals surface area (Å²) in [5.41, 5.74) is 12.1. The molecule has 0 heterocycles. The number of amides is 1. The highest BCUT2D eigenvalue weighted by atomic mass is 16.5. The van der Waals surface area contributed by atoms with E-state index < -0.39 is 6.09 Å². The number of alkyl carbamates (subject to hydrolysis) is 1. The summed E-state index contributed by atoms with van der Waals surface area (Å²) < 4.78 is 5.53. The lowest BCUT2D eigenvalue weighted by molar-refractivity contribution is 0.142. The van der Waals surface area contributed by atoms with Gasteiger partial charge in [-0.05, 0) is 34.2 Å². The van der Waals surface area contributed by atoms with E-state index in [0.717, 1.165) is 5.56 Å². The SMILES string of the molecule is N[C@H](CNC(=O)OCC1c2ccccc2-c2ccccc21)Cc1ccccc1. The van der Waals surface area contributed by atoms with Crippen molar-refractivity contribution in [3.63, 3.8) is 0 Å². The van der Waals surface area contributed by atoms with E-state index in [1.54, 1.807) is 0 Å². The Bertz CT molecular complexity index is 910. The molecule has 1 aliphatic carbocycles. The first kappa shape index (κ1) is 18.3. The highest BCUT2D eigenvalue weighted by molar-refractivity contribution is 5.79. The average Bonchev–Trinajstić information content (AvgIpc) is 3.05. The van der Waals surface area contributed by atoms with Crippen LogP contribution in [0.1, 0.15) is 22.6 Å². The number of fused-ring (bicyclic) bond motifs is 3. The summed E-state index contributed by atoms with van der Waals surface area (Å²) in [6.07, 6.45) is 0.287. The molecule has 3 N–H and O–H groups in total. The van der Waals surface area contributed by atoms with Crippen molar-refractivity contribution in [2.75, 3.05) is 13.2 Å². The zero-order valence-electron chi connectivity index (χ0n) is 15.7. The fourth-order valence-electron chi connectivity index (χ4n) is 3.85. The molecule has 1 atom stereocenters. The van der Waals surface area contributed by atoms with Crippen LogP contribution in [0.5, 0.6) is 0 Å². The minimum absolute atomic E-state index is 0.0659. The topological polar surface area (TPSA) is 64.3 Å². The number of rotatable bonds is 6. The van der Waals surface area contributed by atoms with Crippen molar-refractivity contribution < 1.29 is 9.53 Å². The summed E-state index contributed by atoms with van der Waals surface area (Å²) >= 11 is 0. The van der Waals surface area contributed by atoms with Gasteiger partial charge in [-0.25, -0.2) is 4.79 Å².